The maximum Gasteiger partial charge on any atom is 0.229 e. The quantitative estimate of drug-likeness (QED) is 0.901. The van der Waals surface area contributed by atoms with Gasteiger partial charge in [-0.25, -0.2) is 8.42 Å². The summed E-state index contributed by atoms with van der Waals surface area (Å²) in [5.74, 6) is 0. The summed E-state index contributed by atoms with van der Waals surface area (Å²) in [6, 6.07) is 5.77. The molecule has 5 nitrogen and oxygen atoms in total. The summed E-state index contributed by atoms with van der Waals surface area (Å²) in [5.41, 5.74) is 3.00. The standard InChI is InChI=1S/C14H22N2O3S/c1-3-4-12-11-13(15-20(2,17)18)5-6-14(12)16-7-9-19-10-8-16/h5-6,11,15H,3-4,7-10H2,1-2H3. The van der Waals surface area contributed by atoms with Gasteiger partial charge in [-0.15, -0.1) is 0 Å². The molecule has 1 aliphatic rings. The Morgan fingerprint density at radius 2 is 2.00 bits per heavy atom. The molecule has 1 aliphatic heterocycles. The lowest BCUT2D eigenvalue weighted by Crippen LogP contribution is -2.36. The number of hydrogen-bond donors (Lipinski definition) is 1. The highest BCUT2D eigenvalue weighted by atomic mass is 32.2. The summed E-state index contributed by atoms with van der Waals surface area (Å²) in [4.78, 5) is 2.30. The first-order chi connectivity index (χ1) is 9.49. The van der Waals surface area contributed by atoms with Gasteiger partial charge < -0.3 is 9.64 Å². The molecule has 0 aromatic heterocycles. The van der Waals surface area contributed by atoms with Gasteiger partial charge in [0.2, 0.25) is 10.0 Å². The van der Waals surface area contributed by atoms with Gasteiger partial charge in [-0.1, -0.05) is 13.3 Å². The Morgan fingerprint density at radius 1 is 1.30 bits per heavy atom. The van der Waals surface area contributed by atoms with Crippen LogP contribution in [0.2, 0.25) is 0 Å². The zero-order valence-electron chi connectivity index (χ0n) is 12.1. The maximum atomic E-state index is 11.3. The van der Waals surface area contributed by atoms with Crippen molar-refractivity contribution in [3.63, 3.8) is 0 Å². The Labute approximate surface area is 121 Å². The number of hydrogen-bond acceptors (Lipinski definition) is 4. The summed E-state index contributed by atoms with van der Waals surface area (Å²) in [7, 11) is -3.23. The summed E-state index contributed by atoms with van der Waals surface area (Å²) in [5, 5.41) is 0. The summed E-state index contributed by atoms with van der Waals surface area (Å²) in [6.07, 6.45) is 3.13. The van der Waals surface area contributed by atoms with Gasteiger partial charge in [-0.05, 0) is 30.2 Å². The Hall–Kier alpha value is -1.27. The maximum absolute atomic E-state index is 11.3. The first kappa shape index (κ1) is 15.1. The molecule has 0 unspecified atom stereocenters. The van der Waals surface area contributed by atoms with Crippen molar-refractivity contribution >= 4 is 21.4 Å². The smallest absolute Gasteiger partial charge is 0.229 e. The average molecular weight is 298 g/mol. The lowest BCUT2D eigenvalue weighted by atomic mass is 10.1. The second kappa shape index (κ2) is 6.45. The van der Waals surface area contributed by atoms with Gasteiger partial charge in [-0.2, -0.15) is 0 Å². The number of ether oxygens (including phenoxy) is 1. The topological polar surface area (TPSA) is 58.6 Å². The highest BCUT2D eigenvalue weighted by molar-refractivity contribution is 7.92. The molecule has 6 heteroatoms. The zero-order chi connectivity index (χ0) is 14.6. The van der Waals surface area contributed by atoms with Crippen LogP contribution < -0.4 is 9.62 Å². The van der Waals surface area contributed by atoms with Crippen molar-refractivity contribution in [2.45, 2.75) is 19.8 Å². The SMILES string of the molecule is CCCc1cc(NS(C)(=O)=O)ccc1N1CCOCC1. The molecular weight excluding hydrogens is 276 g/mol. The number of morpholine rings is 1. The van der Waals surface area contributed by atoms with Crippen molar-refractivity contribution in [1.29, 1.82) is 0 Å². The van der Waals surface area contributed by atoms with E-state index in [4.69, 9.17) is 4.74 Å². The predicted molar refractivity (Wildman–Crippen MR) is 81.9 cm³/mol. The van der Waals surface area contributed by atoms with Crippen LogP contribution in [-0.2, 0) is 21.2 Å². The van der Waals surface area contributed by atoms with E-state index >= 15 is 0 Å². The molecule has 1 saturated heterocycles. The Balaban J connectivity index is 2.27. The second-order valence-corrected chi connectivity index (χ2v) is 6.82. The first-order valence-electron chi connectivity index (χ1n) is 6.93. The van der Waals surface area contributed by atoms with E-state index in [2.05, 4.69) is 16.5 Å². The number of rotatable bonds is 5. The molecule has 1 aromatic carbocycles. The molecule has 0 bridgehead atoms. The molecule has 0 atom stereocenters. The number of benzene rings is 1. The van der Waals surface area contributed by atoms with Crippen LogP contribution in [0.3, 0.4) is 0 Å². The number of sulfonamides is 1. The van der Waals surface area contributed by atoms with E-state index in [-0.39, 0.29) is 0 Å². The van der Waals surface area contributed by atoms with Gasteiger partial charge >= 0.3 is 0 Å². The van der Waals surface area contributed by atoms with E-state index in [1.807, 2.05) is 18.2 Å². The Bertz CT molecular complexity index is 552. The highest BCUT2D eigenvalue weighted by Crippen LogP contribution is 2.26. The van der Waals surface area contributed by atoms with E-state index in [1.54, 1.807) is 0 Å². The van der Waals surface area contributed by atoms with E-state index < -0.39 is 10.0 Å². The van der Waals surface area contributed by atoms with Crippen molar-refractivity contribution in [2.24, 2.45) is 0 Å². The van der Waals surface area contributed by atoms with Crippen LogP contribution in [0.25, 0.3) is 0 Å². The molecule has 0 radical (unpaired) electrons. The molecule has 0 saturated carbocycles. The minimum absolute atomic E-state index is 0.632. The molecule has 20 heavy (non-hydrogen) atoms. The Morgan fingerprint density at radius 3 is 2.60 bits per heavy atom. The second-order valence-electron chi connectivity index (χ2n) is 5.07. The molecule has 1 N–H and O–H groups in total. The zero-order valence-corrected chi connectivity index (χ0v) is 12.9. The van der Waals surface area contributed by atoms with Crippen LogP contribution in [0.1, 0.15) is 18.9 Å². The van der Waals surface area contributed by atoms with Crippen LogP contribution >= 0.6 is 0 Å². The molecule has 1 aromatic rings. The normalized spacial score (nSPS) is 16.2. The third kappa shape index (κ3) is 4.11. The highest BCUT2D eigenvalue weighted by Gasteiger charge is 2.15. The van der Waals surface area contributed by atoms with Crippen molar-refractivity contribution in [1.82, 2.24) is 0 Å². The molecule has 2 rings (SSSR count). The Kier molecular flexibility index (Phi) is 4.88. The van der Waals surface area contributed by atoms with Crippen molar-refractivity contribution in [3.8, 4) is 0 Å². The van der Waals surface area contributed by atoms with Gasteiger partial charge in [0, 0.05) is 24.5 Å². The van der Waals surface area contributed by atoms with Gasteiger partial charge in [0.05, 0.1) is 19.5 Å². The van der Waals surface area contributed by atoms with E-state index in [1.165, 1.54) is 17.5 Å². The summed E-state index contributed by atoms with van der Waals surface area (Å²) >= 11 is 0. The molecule has 1 heterocycles. The van der Waals surface area contributed by atoms with Gasteiger partial charge in [0.25, 0.3) is 0 Å². The number of nitrogens with one attached hydrogen (secondary N) is 1. The van der Waals surface area contributed by atoms with Crippen LogP contribution in [0.4, 0.5) is 11.4 Å². The summed E-state index contributed by atoms with van der Waals surface area (Å²) < 4.78 is 30.6. The van der Waals surface area contributed by atoms with Crippen molar-refractivity contribution in [3.05, 3.63) is 23.8 Å². The van der Waals surface area contributed by atoms with Gasteiger partial charge in [0.1, 0.15) is 0 Å². The number of anilines is 2. The molecule has 1 fully saturated rings. The van der Waals surface area contributed by atoms with Crippen molar-refractivity contribution in [2.75, 3.05) is 42.2 Å². The number of nitrogens with zero attached hydrogens (tertiary/aromatic N) is 1. The summed E-state index contributed by atoms with van der Waals surface area (Å²) in [6.45, 7) is 5.38. The van der Waals surface area contributed by atoms with Gasteiger partial charge in [-0.3, -0.25) is 4.72 Å². The van der Waals surface area contributed by atoms with Crippen LogP contribution in [-0.4, -0.2) is 41.0 Å². The lowest BCUT2D eigenvalue weighted by molar-refractivity contribution is 0.122. The minimum Gasteiger partial charge on any atom is -0.378 e. The lowest BCUT2D eigenvalue weighted by Gasteiger charge is -2.31. The molecule has 112 valence electrons. The van der Waals surface area contributed by atoms with Gasteiger partial charge in [0.15, 0.2) is 0 Å². The molecule has 0 amide bonds. The molecular formula is C14H22N2O3S. The third-order valence-corrected chi connectivity index (χ3v) is 3.86. The minimum atomic E-state index is -3.23. The fourth-order valence-electron chi connectivity index (χ4n) is 2.45. The average Bonchev–Trinajstić information content (AvgIpc) is 2.38. The van der Waals surface area contributed by atoms with Crippen LogP contribution in [0.5, 0.6) is 0 Å². The first-order valence-corrected chi connectivity index (χ1v) is 8.82. The fourth-order valence-corrected chi connectivity index (χ4v) is 3.00. The number of aryl methyl sites for hydroxylation is 1. The van der Waals surface area contributed by atoms with E-state index in [0.717, 1.165) is 39.1 Å². The van der Waals surface area contributed by atoms with E-state index in [9.17, 15) is 8.42 Å². The third-order valence-electron chi connectivity index (χ3n) is 3.25. The fraction of sp³-hybridized carbons (Fsp3) is 0.571. The molecule has 0 aliphatic carbocycles. The van der Waals surface area contributed by atoms with Crippen LogP contribution in [0.15, 0.2) is 18.2 Å². The van der Waals surface area contributed by atoms with Crippen LogP contribution in [0, 0.1) is 0 Å². The largest absolute Gasteiger partial charge is 0.378 e. The van der Waals surface area contributed by atoms with E-state index in [0.29, 0.717) is 5.69 Å². The molecule has 0 spiro atoms. The van der Waals surface area contributed by atoms with Crippen molar-refractivity contribution < 1.29 is 13.2 Å². The predicted octanol–water partition coefficient (Wildman–Crippen LogP) is 1.85. The monoisotopic (exact) mass is 298 g/mol.